The summed E-state index contributed by atoms with van der Waals surface area (Å²) in [4.78, 5) is 42.9. The van der Waals surface area contributed by atoms with Crippen LogP contribution >= 0.6 is 0 Å². The molecule has 7 heteroatoms. The van der Waals surface area contributed by atoms with E-state index in [1.165, 1.54) is 0 Å². The molecule has 0 bridgehead atoms. The van der Waals surface area contributed by atoms with Gasteiger partial charge in [-0.05, 0) is 54.7 Å². The van der Waals surface area contributed by atoms with Crippen molar-refractivity contribution in [3.63, 3.8) is 0 Å². The molecule has 32 heavy (non-hydrogen) atoms. The van der Waals surface area contributed by atoms with Gasteiger partial charge in [0.05, 0.1) is 31.4 Å². The van der Waals surface area contributed by atoms with E-state index in [9.17, 15) is 14.4 Å². The largest absolute Gasteiger partial charge is 0.493 e. The molecule has 0 aliphatic carbocycles. The first-order valence-electron chi connectivity index (χ1n) is 10.8. The predicted octanol–water partition coefficient (Wildman–Crippen LogP) is 3.47. The molecular weight excluding hydrogens is 408 g/mol. The van der Waals surface area contributed by atoms with Crippen LogP contribution in [0.5, 0.6) is 11.5 Å². The summed E-state index contributed by atoms with van der Waals surface area (Å²) in [5.74, 6) is -0.00754. The van der Waals surface area contributed by atoms with Crippen molar-refractivity contribution in [3.8, 4) is 11.5 Å². The van der Waals surface area contributed by atoms with Gasteiger partial charge in [0.1, 0.15) is 6.04 Å². The Morgan fingerprint density at radius 2 is 1.56 bits per heavy atom. The zero-order valence-corrected chi connectivity index (χ0v) is 19.0. The van der Waals surface area contributed by atoms with Gasteiger partial charge in [0.2, 0.25) is 5.91 Å². The van der Waals surface area contributed by atoms with Gasteiger partial charge >= 0.3 is 0 Å². The highest BCUT2D eigenvalue weighted by Crippen LogP contribution is 2.39. The van der Waals surface area contributed by atoms with Gasteiger partial charge in [-0.15, -0.1) is 0 Å². The minimum atomic E-state index is -0.869. The minimum absolute atomic E-state index is 0.220. The Bertz CT molecular complexity index is 1060. The molecule has 0 unspecified atom stereocenters. The molecule has 0 spiro atoms. The lowest BCUT2D eigenvalue weighted by molar-refractivity contribution is -0.139. The maximum atomic E-state index is 13.8. The first-order chi connectivity index (χ1) is 15.3. The van der Waals surface area contributed by atoms with Crippen LogP contribution in [0.4, 0.5) is 0 Å². The fraction of sp³-hybridized carbons (Fsp3) is 0.400. The Hall–Kier alpha value is -3.35. The monoisotopic (exact) mass is 436 g/mol. The van der Waals surface area contributed by atoms with Crippen molar-refractivity contribution in [1.82, 2.24) is 9.80 Å². The fourth-order valence-corrected chi connectivity index (χ4v) is 4.77. The zero-order valence-electron chi connectivity index (χ0n) is 19.0. The summed E-state index contributed by atoms with van der Waals surface area (Å²) < 4.78 is 10.9. The van der Waals surface area contributed by atoms with E-state index >= 15 is 0 Å². The van der Waals surface area contributed by atoms with Crippen molar-refractivity contribution in [1.29, 1.82) is 0 Å². The Morgan fingerprint density at radius 3 is 2.09 bits per heavy atom. The molecule has 0 saturated heterocycles. The molecule has 7 nitrogen and oxygen atoms in total. The molecule has 2 aromatic rings. The summed E-state index contributed by atoms with van der Waals surface area (Å²) in [6, 6.07) is 9.49. The number of rotatable bonds is 5. The topological polar surface area (TPSA) is 76.2 Å². The summed E-state index contributed by atoms with van der Waals surface area (Å²) in [6.07, 6.45) is 0.651. The lowest BCUT2D eigenvalue weighted by Crippen LogP contribution is -2.55. The molecule has 3 amide bonds. The number of methoxy groups -OCH3 is 2. The van der Waals surface area contributed by atoms with E-state index in [1.807, 2.05) is 32.9 Å². The summed E-state index contributed by atoms with van der Waals surface area (Å²) in [5.41, 5.74) is 2.78. The number of benzene rings is 2. The lowest BCUT2D eigenvalue weighted by atomic mass is 9.91. The molecule has 2 atom stereocenters. The normalized spacial score (nSPS) is 18.5. The van der Waals surface area contributed by atoms with Gasteiger partial charge in [-0.2, -0.15) is 0 Å². The maximum Gasteiger partial charge on any atom is 0.262 e. The molecule has 0 saturated carbocycles. The third kappa shape index (κ3) is 3.32. The number of ether oxygens (including phenoxy) is 2. The van der Waals surface area contributed by atoms with Crippen LogP contribution in [0.25, 0.3) is 0 Å². The van der Waals surface area contributed by atoms with Gasteiger partial charge < -0.3 is 14.4 Å². The van der Waals surface area contributed by atoms with Crippen LogP contribution in [0, 0.1) is 5.92 Å². The molecule has 4 rings (SSSR count). The lowest BCUT2D eigenvalue weighted by Gasteiger charge is -2.40. The van der Waals surface area contributed by atoms with Crippen molar-refractivity contribution >= 4 is 17.7 Å². The first-order valence-corrected chi connectivity index (χ1v) is 10.8. The molecule has 2 aliphatic rings. The van der Waals surface area contributed by atoms with Crippen molar-refractivity contribution < 1.29 is 23.9 Å². The van der Waals surface area contributed by atoms with Gasteiger partial charge in [-0.1, -0.05) is 26.0 Å². The van der Waals surface area contributed by atoms with Crippen molar-refractivity contribution in [2.75, 3.05) is 20.8 Å². The number of carbonyl (C=O) groups excluding carboxylic acids is 3. The van der Waals surface area contributed by atoms with Crippen molar-refractivity contribution in [2.45, 2.75) is 39.3 Å². The number of hydrogen-bond acceptors (Lipinski definition) is 5. The second kappa shape index (κ2) is 8.30. The van der Waals surface area contributed by atoms with Crippen LogP contribution in [0.3, 0.4) is 0 Å². The zero-order chi connectivity index (χ0) is 23.2. The summed E-state index contributed by atoms with van der Waals surface area (Å²) in [6.45, 7) is 6.18. The summed E-state index contributed by atoms with van der Waals surface area (Å²) in [5, 5.41) is 0. The molecule has 2 aromatic carbocycles. The smallest absolute Gasteiger partial charge is 0.262 e. The molecule has 0 fully saturated rings. The van der Waals surface area contributed by atoms with E-state index in [-0.39, 0.29) is 17.9 Å². The Balaban J connectivity index is 1.67. The molecule has 168 valence electrons. The van der Waals surface area contributed by atoms with Crippen LogP contribution in [-0.4, -0.2) is 54.3 Å². The number of hydrogen-bond donors (Lipinski definition) is 0. The van der Waals surface area contributed by atoms with Gasteiger partial charge in [0, 0.05) is 6.54 Å². The van der Waals surface area contributed by atoms with Gasteiger partial charge in [-0.3, -0.25) is 19.3 Å². The van der Waals surface area contributed by atoms with E-state index in [2.05, 4.69) is 0 Å². The quantitative estimate of drug-likeness (QED) is 0.671. The standard InChI is InChI=1S/C25H28N2O5/c1-14(2)22(27-23(28)17-8-6-7-9-18(17)24(27)29)25(30)26-11-10-16-12-20(31-4)21(32-5)13-19(16)15(26)3/h6-9,12-15,22H,10-11H2,1-5H3/t15-,22+/m1/s1. The number of carbonyl (C=O) groups is 3. The second-order valence-electron chi connectivity index (χ2n) is 8.58. The third-order valence-electron chi connectivity index (χ3n) is 6.46. The van der Waals surface area contributed by atoms with Crippen LogP contribution in [0.1, 0.15) is 58.7 Å². The highest BCUT2D eigenvalue weighted by Gasteiger charge is 2.46. The molecule has 2 heterocycles. The SMILES string of the molecule is COc1cc2c(cc1OC)[C@@H](C)N(C(=O)[C@H](C(C)C)N1C(=O)c3ccccc3C1=O)CC2. The van der Waals surface area contributed by atoms with E-state index in [1.54, 1.807) is 43.4 Å². The predicted molar refractivity (Wildman–Crippen MR) is 119 cm³/mol. The van der Waals surface area contributed by atoms with E-state index in [0.717, 1.165) is 16.0 Å². The van der Waals surface area contributed by atoms with Gasteiger partial charge in [0.25, 0.3) is 11.8 Å². The molecule has 0 aromatic heterocycles. The van der Waals surface area contributed by atoms with E-state index in [4.69, 9.17) is 9.47 Å². The number of amides is 3. The van der Waals surface area contributed by atoms with Crippen LogP contribution in [0.2, 0.25) is 0 Å². The van der Waals surface area contributed by atoms with E-state index in [0.29, 0.717) is 35.6 Å². The Labute approximate surface area is 187 Å². The average molecular weight is 437 g/mol. The van der Waals surface area contributed by atoms with Gasteiger partial charge in [0.15, 0.2) is 11.5 Å². The number of nitrogens with zero attached hydrogens (tertiary/aromatic N) is 2. The van der Waals surface area contributed by atoms with Crippen LogP contribution in [-0.2, 0) is 11.2 Å². The van der Waals surface area contributed by atoms with Crippen molar-refractivity contribution in [3.05, 3.63) is 58.7 Å². The van der Waals surface area contributed by atoms with Crippen LogP contribution < -0.4 is 9.47 Å². The van der Waals surface area contributed by atoms with Gasteiger partial charge in [-0.25, -0.2) is 0 Å². The van der Waals surface area contributed by atoms with Crippen LogP contribution in [0.15, 0.2) is 36.4 Å². The highest BCUT2D eigenvalue weighted by atomic mass is 16.5. The Kier molecular flexibility index (Phi) is 5.67. The fourth-order valence-electron chi connectivity index (χ4n) is 4.77. The maximum absolute atomic E-state index is 13.8. The number of imide groups is 1. The van der Waals surface area contributed by atoms with E-state index < -0.39 is 17.9 Å². The number of fused-ring (bicyclic) bond motifs is 2. The third-order valence-corrected chi connectivity index (χ3v) is 6.46. The second-order valence-corrected chi connectivity index (χ2v) is 8.58. The molecule has 0 N–H and O–H groups in total. The summed E-state index contributed by atoms with van der Waals surface area (Å²) in [7, 11) is 3.18. The first kappa shape index (κ1) is 21.9. The Morgan fingerprint density at radius 1 is 1.00 bits per heavy atom. The summed E-state index contributed by atoms with van der Waals surface area (Å²) >= 11 is 0. The average Bonchev–Trinajstić information content (AvgIpc) is 3.04. The molecule has 0 radical (unpaired) electrons. The molecule has 2 aliphatic heterocycles. The molecular formula is C25H28N2O5. The minimum Gasteiger partial charge on any atom is -0.493 e. The van der Waals surface area contributed by atoms with Crippen molar-refractivity contribution in [2.24, 2.45) is 5.92 Å². The highest BCUT2D eigenvalue weighted by molar-refractivity contribution is 6.22.